The lowest BCUT2D eigenvalue weighted by Gasteiger charge is -2.31. The average Bonchev–Trinajstić information content (AvgIpc) is 2.65. The van der Waals surface area contributed by atoms with E-state index >= 15 is 0 Å². The number of aryl methyl sites for hydroxylation is 2. The fourth-order valence-electron chi connectivity index (χ4n) is 3.14. The summed E-state index contributed by atoms with van der Waals surface area (Å²) < 4.78 is 32.8. The van der Waals surface area contributed by atoms with Crippen LogP contribution in [0.2, 0.25) is 0 Å². The summed E-state index contributed by atoms with van der Waals surface area (Å²) >= 11 is 0. The molecular formula is C20H26N2O3S. The van der Waals surface area contributed by atoms with Crippen LogP contribution in [0.15, 0.2) is 47.4 Å². The van der Waals surface area contributed by atoms with E-state index in [2.05, 4.69) is 11.0 Å². The molecule has 0 radical (unpaired) electrons. The smallest absolute Gasteiger partial charge is 0.243 e. The first-order chi connectivity index (χ1) is 12.4. The molecule has 0 unspecified atom stereocenters. The molecule has 5 nitrogen and oxygen atoms in total. The van der Waals surface area contributed by atoms with Crippen LogP contribution in [0.1, 0.15) is 16.7 Å². The average molecular weight is 375 g/mol. The predicted octanol–water partition coefficient (Wildman–Crippen LogP) is 2.96. The Balaban J connectivity index is 1.85. The molecule has 0 aliphatic carbocycles. The minimum atomic E-state index is -3.53. The van der Waals surface area contributed by atoms with Gasteiger partial charge in [0.25, 0.3) is 0 Å². The van der Waals surface area contributed by atoms with Crippen molar-refractivity contribution in [3.05, 3.63) is 59.2 Å². The molecule has 3 rings (SSSR count). The Morgan fingerprint density at radius 3 is 2.42 bits per heavy atom. The van der Waals surface area contributed by atoms with Crippen LogP contribution in [-0.4, -0.2) is 46.1 Å². The zero-order valence-corrected chi connectivity index (χ0v) is 16.4. The van der Waals surface area contributed by atoms with Gasteiger partial charge in [-0.25, -0.2) is 8.42 Å². The summed E-state index contributed by atoms with van der Waals surface area (Å²) in [6, 6.07) is 13.3. The second-order valence-corrected chi connectivity index (χ2v) is 8.78. The third-order valence-electron chi connectivity index (χ3n) is 4.92. The lowest BCUT2D eigenvalue weighted by molar-refractivity contribution is 0.122. The Morgan fingerprint density at radius 2 is 1.73 bits per heavy atom. The van der Waals surface area contributed by atoms with Crippen LogP contribution in [0.5, 0.6) is 0 Å². The van der Waals surface area contributed by atoms with E-state index in [-0.39, 0.29) is 0 Å². The number of nitrogens with zero attached hydrogens (tertiary/aromatic N) is 2. The molecule has 2 aromatic carbocycles. The molecule has 0 amide bonds. The van der Waals surface area contributed by atoms with E-state index in [9.17, 15) is 8.42 Å². The van der Waals surface area contributed by atoms with Crippen molar-refractivity contribution in [3.63, 3.8) is 0 Å². The molecular weight excluding hydrogens is 348 g/mol. The topological polar surface area (TPSA) is 49.9 Å². The molecule has 0 aromatic heterocycles. The van der Waals surface area contributed by atoms with Gasteiger partial charge in [0.15, 0.2) is 0 Å². The highest BCUT2D eigenvalue weighted by molar-refractivity contribution is 7.89. The molecule has 1 saturated heterocycles. The summed E-state index contributed by atoms with van der Waals surface area (Å²) in [7, 11) is -1.89. The maximum atomic E-state index is 13.0. The van der Waals surface area contributed by atoms with Gasteiger partial charge in [0, 0.05) is 32.4 Å². The number of ether oxygens (including phenoxy) is 1. The number of para-hydroxylation sites is 1. The first-order valence-corrected chi connectivity index (χ1v) is 10.3. The maximum absolute atomic E-state index is 13.0. The van der Waals surface area contributed by atoms with E-state index in [4.69, 9.17) is 4.74 Å². The Hall–Kier alpha value is -1.89. The maximum Gasteiger partial charge on any atom is 0.243 e. The van der Waals surface area contributed by atoms with Gasteiger partial charge in [-0.2, -0.15) is 4.31 Å². The molecule has 0 saturated carbocycles. The van der Waals surface area contributed by atoms with Crippen molar-refractivity contribution in [2.75, 3.05) is 38.3 Å². The molecule has 1 fully saturated rings. The molecule has 0 N–H and O–H groups in total. The normalized spacial score (nSPS) is 15.5. The first-order valence-electron chi connectivity index (χ1n) is 8.84. The van der Waals surface area contributed by atoms with Gasteiger partial charge in [-0.3, -0.25) is 0 Å². The monoisotopic (exact) mass is 374 g/mol. The summed E-state index contributed by atoms with van der Waals surface area (Å²) in [5, 5.41) is 0. The first kappa shape index (κ1) is 18.9. The summed E-state index contributed by atoms with van der Waals surface area (Å²) in [4.78, 5) is 2.60. The third kappa shape index (κ3) is 3.92. The lowest BCUT2D eigenvalue weighted by Crippen LogP contribution is -2.37. The Bertz CT molecular complexity index is 874. The van der Waals surface area contributed by atoms with Crippen molar-refractivity contribution >= 4 is 15.7 Å². The summed E-state index contributed by atoms with van der Waals surface area (Å²) in [6.45, 7) is 7.30. The summed E-state index contributed by atoms with van der Waals surface area (Å²) in [5.74, 6) is 0. The number of hydrogen-bond donors (Lipinski definition) is 0. The van der Waals surface area contributed by atoms with Crippen LogP contribution in [-0.2, 0) is 21.3 Å². The molecule has 0 spiro atoms. The molecule has 0 bridgehead atoms. The minimum Gasteiger partial charge on any atom is -0.378 e. The summed E-state index contributed by atoms with van der Waals surface area (Å²) in [6.07, 6.45) is 0. The van der Waals surface area contributed by atoms with E-state index in [0.29, 0.717) is 24.7 Å². The molecule has 26 heavy (non-hydrogen) atoms. The van der Waals surface area contributed by atoms with Gasteiger partial charge in [0.2, 0.25) is 10.0 Å². The second kappa shape index (κ2) is 7.78. The van der Waals surface area contributed by atoms with Gasteiger partial charge in [0.1, 0.15) is 0 Å². The number of sulfonamides is 1. The van der Waals surface area contributed by atoms with Gasteiger partial charge in [-0.15, -0.1) is 0 Å². The van der Waals surface area contributed by atoms with Gasteiger partial charge < -0.3 is 9.64 Å². The number of morpholine rings is 1. The largest absolute Gasteiger partial charge is 0.378 e. The highest BCUT2D eigenvalue weighted by atomic mass is 32.2. The fourth-order valence-corrected chi connectivity index (χ4v) is 4.37. The predicted molar refractivity (Wildman–Crippen MR) is 104 cm³/mol. The Morgan fingerprint density at radius 1 is 1.04 bits per heavy atom. The van der Waals surface area contributed by atoms with Crippen LogP contribution in [0.3, 0.4) is 0 Å². The minimum absolute atomic E-state index is 0.336. The fraction of sp³-hybridized carbons (Fsp3) is 0.400. The molecule has 6 heteroatoms. The van der Waals surface area contributed by atoms with Gasteiger partial charge in [-0.1, -0.05) is 24.3 Å². The van der Waals surface area contributed by atoms with Crippen LogP contribution < -0.4 is 4.90 Å². The number of anilines is 1. The second-order valence-electron chi connectivity index (χ2n) is 6.74. The SMILES string of the molecule is Cc1ccc(S(=O)(=O)N(C)Cc2ccccc2N2CCOCC2)cc1C. The van der Waals surface area contributed by atoms with E-state index in [1.54, 1.807) is 19.2 Å². The van der Waals surface area contributed by atoms with Crippen molar-refractivity contribution in [2.24, 2.45) is 0 Å². The van der Waals surface area contributed by atoms with Crippen LogP contribution >= 0.6 is 0 Å². The molecule has 0 atom stereocenters. The third-order valence-corrected chi connectivity index (χ3v) is 6.72. The van der Waals surface area contributed by atoms with E-state index in [1.165, 1.54) is 4.31 Å². The zero-order valence-electron chi connectivity index (χ0n) is 15.6. The van der Waals surface area contributed by atoms with Crippen molar-refractivity contribution in [2.45, 2.75) is 25.3 Å². The Labute approximate surface area is 156 Å². The van der Waals surface area contributed by atoms with Crippen molar-refractivity contribution in [1.29, 1.82) is 0 Å². The van der Waals surface area contributed by atoms with Crippen molar-refractivity contribution in [3.8, 4) is 0 Å². The lowest BCUT2D eigenvalue weighted by atomic mass is 10.1. The summed E-state index contributed by atoms with van der Waals surface area (Å²) in [5.41, 5.74) is 4.15. The molecule has 1 heterocycles. The van der Waals surface area contributed by atoms with Gasteiger partial charge in [-0.05, 0) is 48.7 Å². The molecule has 2 aromatic rings. The number of hydrogen-bond acceptors (Lipinski definition) is 4. The van der Waals surface area contributed by atoms with E-state index < -0.39 is 10.0 Å². The van der Waals surface area contributed by atoms with Crippen LogP contribution in [0.25, 0.3) is 0 Å². The van der Waals surface area contributed by atoms with Crippen molar-refractivity contribution < 1.29 is 13.2 Å². The van der Waals surface area contributed by atoms with Crippen molar-refractivity contribution in [1.82, 2.24) is 4.31 Å². The standard InChI is InChI=1S/C20H26N2O3S/c1-16-8-9-19(14-17(16)2)26(23,24)21(3)15-18-6-4-5-7-20(18)22-10-12-25-13-11-22/h4-9,14H,10-13,15H2,1-3H3. The quantitative estimate of drug-likeness (QED) is 0.807. The Kier molecular flexibility index (Phi) is 5.65. The highest BCUT2D eigenvalue weighted by Crippen LogP contribution is 2.25. The molecule has 1 aliphatic rings. The number of rotatable bonds is 5. The molecule has 1 aliphatic heterocycles. The van der Waals surface area contributed by atoms with Gasteiger partial charge >= 0.3 is 0 Å². The highest BCUT2D eigenvalue weighted by Gasteiger charge is 2.23. The van der Waals surface area contributed by atoms with Gasteiger partial charge in [0.05, 0.1) is 18.1 Å². The molecule has 140 valence electrons. The van der Waals surface area contributed by atoms with E-state index in [1.807, 2.05) is 38.1 Å². The number of benzene rings is 2. The van der Waals surface area contributed by atoms with Crippen LogP contribution in [0, 0.1) is 13.8 Å². The van der Waals surface area contributed by atoms with Crippen LogP contribution in [0.4, 0.5) is 5.69 Å². The zero-order chi connectivity index (χ0) is 18.7. The van der Waals surface area contributed by atoms with E-state index in [0.717, 1.165) is 35.5 Å².